The van der Waals surface area contributed by atoms with Crippen LogP contribution in [0, 0.1) is 6.92 Å². The van der Waals surface area contributed by atoms with Gasteiger partial charge >= 0.3 is 0 Å². The highest BCUT2D eigenvalue weighted by Gasteiger charge is 2.06. The minimum Gasteiger partial charge on any atom is -0.360 e. The molecule has 0 amide bonds. The molecule has 0 aliphatic carbocycles. The van der Waals surface area contributed by atoms with Gasteiger partial charge in [0.2, 0.25) is 5.95 Å². The number of benzene rings is 1. The molecule has 7 heteroatoms. The number of para-hydroxylation sites is 1. The number of aryl methyl sites for hydroxylation is 1. The number of anilines is 4. The molecule has 7 nitrogen and oxygen atoms in total. The van der Waals surface area contributed by atoms with Crippen molar-refractivity contribution in [1.82, 2.24) is 20.1 Å². The van der Waals surface area contributed by atoms with E-state index in [2.05, 4.69) is 30.7 Å². The third-order valence-corrected chi connectivity index (χ3v) is 3.42. The number of nitrogens with one attached hydrogen (secondary N) is 2. The summed E-state index contributed by atoms with van der Waals surface area (Å²) in [7, 11) is 0. The Kier molecular flexibility index (Phi) is 3.51. The second-order valence-electron chi connectivity index (χ2n) is 5.22. The molecule has 0 bridgehead atoms. The summed E-state index contributed by atoms with van der Waals surface area (Å²) in [6, 6.07) is 13.4. The molecule has 0 unspecified atom stereocenters. The van der Waals surface area contributed by atoms with E-state index >= 15 is 0 Å². The molecule has 3 heterocycles. The number of nitrogens with zero attached hydrogens (tertiary/aromatic N) is 4. The average Bonchev–Trinajstić information content (AvgIpc) is 3.00. The van der Waals surface area contributed by atoms with Crippen LogP contribution in [0.25, 0.3) is 10.9 Å². The Morgan fingerprint density at radius 1 is 0.917 bits per heavy atom. The zero-order valence-corrected chi connectivity index (χ0v) is 12.9. The third-order valence-electron chi connectivity index (χ3n) is 3.42. The largest absolute Gasteiger partial charge is 0.360 e. The standard InChI is InChI=1S/C17H14N6O/c1-11-10-15(23-24-11)21-14-7-9-19-17(22-14)20-13-6-2-4-12-5-3-8-18-16(12)13/h2-10H,1H3,(H2,19,20,21,22,23). The Morgan fingerprint density at radius 3 is 2.71 bits per heavy atom. The SMILES string of the molecule is Cc1cc(Nc2ccnc(Nc3cccc4cccnc34)n2)no1. The third kappa shape index (κ3) is 2.87. The van der Waals surface area contributed by atoms with Crippen LogP contribution in [0.2, 0.25) is 0 Å². The molecule has 4 rings (SSSR count). The van der Waals surface area contributed by atoms with E-state index in [4.69, 9.17) is 4.52 Å². The quantitative estimate of drug-likeness (QED) is 0.591. The van der Waals surface area contributed by atoms with Crippen molar-refractivity contribution >= 4 is 34.2 Å². The van der Waals surface area contributed by atoms with Crippen molar-refractivity contribution in [3.05, 3.63) is 60.6 Å². The van der Waals surface area contributed by atoms with Crippen molar-refractivity contribution in [1.29, 1.82) is 0 Å². The van der Waals surface area contributed by atoms with Crippen molar-refractivity contribution in [3.63, 3.8) is 0 Å². The maximum Gasteiger partial charge on any atom is 0.229 e. The molecule has 0 aliphatic rings. The summed E-state index contributed by atoms with van der Waals surface area (Å²) in [5, 5.41) is 11.2. The molecule has 0 spiro atoms. The molecule has 0 atom stereocenters. The normalized spacial score (nSPS) is 10.7. The first-order valence-corrected chi connectivity index (χ1v) is 7.42. The minimum absolute atomic E-state index is 0.471. The van der Waals surface area contributed by atoms with Crippen molar-refractivity contribution in [2.45, 2.75) is 6.92 Å². The summed E-state index contributed by atoms with van der Waals surface area (Å²) < 4.78 is 5.03. The topological polar surface area (TPSA) is 88.8 Å². The summed E-state index contributed by atoms with van der Waals surface area (Å²) in [5.41, 5.74) is 1.72. The summed E-state index contributed by atoms with van der Waals surface area (Å²) >= 11 is 0. The fourth-order valence-corrected chi connectivity index (χ4v) is 2.37. The van der Waals surface area contributed by atoms with Crippen molar-refractivity contribution in [3.8, 4) is 0 Å². The minimum atomic E-state index is 0.471. The molecule has 0 saturated heterocycles. The smallest absolute Gasteiger partial charge is 0.229 e. The number of pyridine rings is 1. The van der Waals surface area contributed by atoms with Crippen LogP contribution in [0.5, 0.6) is 0 Å². The van der Waals surface area contributed by atoms with E-state index in [1.807, 2.05) is 37.3 Å². The van der Waals surface area contributed by atoms with Crippen LogP contribution in [0.1, 0.15) is 5.76 Å². The predicted molar refractivity (Wildman–Crippen MR) is 91.6 cm³/mol. The molecule has 2 N–H and O–H groups in total. The Morgan fingerprint density at radius 2 is 1.83 bits per heavy atom. The maximum absolute atomic E-state index is 5.03. The summed E-state index contributed by atoms with van der Waals surface area (Å²) in [6.45, 7) is 1.83. The van der Waals surface area contributed by atoms with Crippen LogP contribution in [-0.2, 0) is 0 Å². The van der Waals surface area contributed by atoms with E-state index in [1.165, 1.54) is 0 Å². The fourth-order valence-electron chi connectivity index (χ4n) is 2.37. The first-order chi connectivity index (χ1) is 11.8. The lowest BCUT2D eigenvalue weighted by Crippen LogP contribution is -2.01. The van der Waals surface area contributed by atoms with E-state index in [9.17, 15) is 0 Å². The first kappa shape index (κ1) is 14.1. The zero-order valence-electron chi connectivity index (χ0n) is 12.9. The fraction of sp³-hybridized carbons (Fsp3) is 0.0588. The Labute approximate surface area is 137 Å². The van der Waals surface area contributed by atoms with Gasteiger partial charge in [0.05, 0.1) is 11.2 Å². The molecular weight excluding hydrogens is 304 g/mol. The van der Waals surface area contributed by atoms with E-state index in [-0.39, 0.29) is 0 Å². The molecule has 24 heavy (non-hydrogen) atoms. The van der Waals surface area contributed by atoms with Crippen LogP contribution in [0.4, 0.5) is 23.3 Å². The molecule has 1 aromatic carbocycles. The van der Waals surface area contributed by atoms with E-state index < -0.39 is 0 Å². The van der Waals surface area contributed by atoms with E-state index in [0.29, 0.717) is 17.6 Å². The van der Waals surface area contributed by atoms with Gasteiger partial charge in [-0.3, -0.25) is 4.98 Å². The number of aromatic nitrogens is 4. The second-order valence-corrected chi connectivity index (χ2v) is 5.22. The van der Waals surface area contributed by atoms with Crippen LogP contribution in [-0.4, -0.2) is 20.1 Å². The van der Waals surface area contributed by atoms with Gasteiger partial charge in [-0.15, -0.1) is 0 Å². The lowest BCUT2D eigenvalue weighted by atomic mass is 10.2. The van der Waals surface area contributed by atoms with Gasteiger partial charge in [-0.05, 0) is 25.1 Å². The van der Waals surface area contributed by atoms with E-state index in [0.717, 1.165) is 22.4 Å². The molecule has 0 aliphatic heterocycles. The van der Waals surface area contributed by atoms with Gasteiger partial charge in [0.1, 0.15) is 11.6 Å². The summed E-state index contributed by atoms with van der Waals surface area (Å²) in [5.74, 6) is 2.42. The summed E-state index contributed by atoms with van der Waals surface area (Å²) in [6.07, 6.45) is 3.43. The van der Waals surface area contributed by atoms with Gasteiger partial charge in [-0.2, -0.15) is 4.98 Å². The average molecular weight is 318 g/mol. The van der Waals surface area contributed by atoms with Crippen LogP contribution in [0.3, 0.4) is 0 Å². The molecule has 118 valence electrons. The molecule has 3 aromatic heterocycles. The number of hydrogen-bond donors (Lipinski definition) is 2. The van der Waals surface area contributed by atoms with Crippen molar-refractivity contribution in [2.75, 3.05) is 10.6 Å². The maximum atomic E-state index is 5.03. The van der Waals surface area contributed by atoms with Gasteiger partial charge in [-0.1, -0.05) is 23.4 Å². The van der Waals surface area contributed by atoms with E-state index in [1.54, 1.807) is 24.5 Å². The van der Waals surface area contributed by atoms with Crippen LogP contribution in [0.15, 0.2) is 59.4 Å². The molecule has 0 saturated carbocycles. The molecular formula is C17H14N6O. The number of rotatable bonds is 4. The lowest BCUT2D eigenvalue weighted by molar-refractivity contribution is 0.400. The number of fused-ring (bicyclic) bond motifs is 1. The highest BCUT2D eigenvalue weighted by atomic mass is 16.5. The molecule has 0 fully saturated rings. The Hall–Kier alpha value is -3.48. The van der Waals surface area contributed by atoms with Gasteiger partial charge < -0.3 is 15.2 Å². The lowest BCUT2D eigenvalue weighted by Gasteiger charge is -2.08. The zero-order chi connectivity index (χ0) is 16.4. The van der Waals surface area contributed by atoms with Crippen LogP contribution < -0.4 is 10.6 Å². The first-order valence-electron chi connectivity index (χ1n) is 7.42. The highest BCUT2D eigenvalue weighted by molar-refractivity contribution is 5.91. The monoisotopic (exact) mass is 318 g/mol. The molecule has 0 radical (unpaired) electrons. The van der Waals surface area contributed by atoms with Gasteiger partial charge in [0.15, 0.2) is 5.82 Å². The highest BCUT2D eigenvalue weighted by Crippen LogP contribution is 2.23. The van der Waals surface area contributed by atoms with Crippen molar-refractivity contribution < 1.29 is 4.52 Å². The summed E-state index contributed by atoms with van der Waals surface area (Å²) in [4.78, 5) is 13.1. The molecule has 4 aromatic rings. The van der Waals surface area contributed by atoms with Gasteiger partial charge in [-0.25, -0.2) is 4.98 Å². The number of hydrogen-bond acceptors (Lipinski definition) is 7. The van der Waals surface area contributed by atoms with Crippen molar-refractivity contribution in [2.24, 2.45) is 0 Å². The van der Waals surface area contributed by atoms with Gasteiger partial charge in [0, 0.05) is 23.8 Å². The van der Waals surface area contributed by atoms with Gasteiger partial charge in [0.25, 0.3) is 0 Å². The predicted octanol–water partition coefficient (Wildman–Crippen LogP) is 3.81. The van der Waals surface area contributed by atoms with Crippen LogP contribution >= 0.6 is 0 Å². The Balaban J connectivity index is 1.61. The second kappa shape index (κ2) is 5.96. The Bertz CT molecular complexity index is 992.